The molecule has 0 bridgehead atoms. The highest BCUT2D eigenvalue weighted by molar-refractivity contribution is 7.09. The number of benzene rings is 1. The molecule has 0 unspecified atom stereocenters. The molecule has 4 heteroatoms. The molecule has 0 aliphatic carbocycles. The Kier molecular flexibility index (Phi) is 7.06. The van der Waals surface area contributed by atoms with E-state index in [1.807, 2.05) is 30.3 Å². The lowest BCUT2D eigenvalue weighted by molar-refractivity contribution is 0.00333. The maximum absolute atomic E-state index is 10.2. The van der Waals surface area contributed by atoms with E-state index < -0.39 is 6.10 Å². The van der Waals surface area contributed by atoms with Crippen LogP contribution in [0.2, 0.25) is 0 Å². The number of aliphatic hydroxyl groups excluding tert-OH is 1. The standard InChI is InChI=1S/C18H25NO2S/c1-15(2)19(12-18-9-6-10-22-18)11-17(20)14-21-13-16-7-4-3-5-8-16/h3-10,15,17,20H,11-14H2,1-2H3/t17-/m0/s1. The zero-order chi connectivity index (χ0) is 15.8. The van der Waals surface area contributed by atoms with Crippen LogP contribution in [0.15, 0.2) is 47.8 Å². The van der Waals surface area contributed by atoms with Gasteiger partial charge in [0.1, 0.15) is 0 Å². The zero-order valence-corrected chi connectivity index (χ0v) is 14.1. The van der Waals surface area contributed by atoms with Gasteiger partial charge in [0, 0.05) is 24.0 Å². The number of hydrogen-bond acceptors (Lipinski definition) is 4. The average molecular weight is 319 g/mol. The third-order valence-corrected chi connectivity index (χ3v) is 4.40. The van der Waals surface area contributed by atoms with Gasteiger partial charge in [-0.15, -0.1) is 11.3 Å². The van der Waals surface area contributed by atoms with E-state index in [4.69, 9.17) is 4.74 Å². The van der Waals surface area contributed by atoms with Crippen LogP contribution in [0.3, 0.4) is 0 Å². The highest BCUT2D eigenvalue weighted by atomic mass is 32.1. The van der Waals surface area contributed by atoms with Crippen LogP contribution in [0.1, 0.15) is 24.3 Å². The number of aliphatic hydroxyl groups is 1. The van der Waals surface area contributed by atoms with Gasteiger partial charge >= 0.3 is 0 Å². The van der Waals surface area contributed by atoms with Crippen molar-refractivity contribution in [3.63, 3.8) is 0 Å². The predicted octanol–water partition coefficient (Wildman–Crippen LogP) is 3.54. The Bertz CT molecular complexity index is 513. The molecule has 0 aliphatic rings. The highest BCUT2D eigenvalue weighted by Gasteiger charge is 2.15. The largest absolute Gasteiger partial charge is 0.389 e. The molecule has 1 atom stereocenters. The summed E-state index contributed by atoms with van der Waals surface area (Å²) in [5.74, 6) is 0. The van der Waals surface area contributed by atoms with Crippen LogP contribution in [-0.4, -0.2) is 35.3 Å². The summed E-state index contributed by atoms with van der Waals surface area (Å²) in [6.45, 7) is 6.73. The van der Waals surface area contributed by atoms with Gasteiger partial charge in [-0.25, -0.2) is 0 Å². The lowest BCUT2D eigenvalue weighted by Crippen LogP contribution is -2.38. The van der Waals surface area contributed by atoms with Crippen LogP contribution in [0.5, 0.6) is 0 Å². The molecule has 0 aliphatic heterocycles. The summed E-state index contributed by atoms with van der Waals surface area (Å²) in [6.07, 6.45) is -0.467. The van der Waals surface area contributed by atoms with Crippen molar-refractivity contribution in [3.8, 4) is 0 Å². The van der Waals surface area contributed by atoms with E-state index in [-0.39, 0.29) is 0 Å². The molecular weight excluding hydrogens is 294 g/mol. The second-order valence-corrected chi connectivity index (χ2v) is 6.79. The Labute approximate surface area is 137 Å². The molecular formula is C18H25NO2S. The SMILES string of the molecule is CC(C)N(Cc1cccs1)C[C@H](O)COCc1ccccc1. The quantitative estimate of drug-likeness (QED) is 0.767. The van der Waals surface area contributed by atoms with Crippen molar-refractivity contribution < 1.29 is 9.84 Å². The highest BCUT2D eigenvalue weighted by Crippen LogP contribution is 2.14. The number of hydrogen-bond donors (Lipinski definition) is 1. The molecule has 0 fully saturated rings. The zero-order valence-electron chi connectivity index (χ0n) is 13.3. The minimum Gasteiger partial charge on any atom is -0.389 e. The van der Waals surface area contributed by atoms with E-state index in [0.29, 0.717) is 25.8 Å². The van der Waals surface area contributed by atoms with Crippen molar-refractivity contribution in [2.75, 3.05) is 13.2 Å². The number of rotatable bonds is 9. The van der Waals surface area contributed by atoms with Crippen molar-refractivity contribution in [2.45, 2.75) is 39.1 Å². The van der Waals surface area contributed by atoms with Crippen molar-refractivity contribution in [2.24, 2.45) is 0 Å². The number of thiophene rings is 1. The maximum Gasteiger partial charge on any atom is 0.0900 e. The Morgan fingerprint density at radius 1 is 1.14 bits per heavy atom. The normalized spacial score (nSPS) is 13.0. The first-order chi connectivity index (χ1) is 10.6. The van der Waals surface area contributed by atoms with Crippen molar-refractivity contribution in [3.05, 3.63) is 58.3 Å². The van der Waals surface area contributed by atoms with Gasteiger partial charge < -0.3 is 9.84 Å². The number of ether oxygens (including phenoxy) is 1. The molecule has 2 aromatic rings. The lowest BCUT2D eigenvalue weighted by Gasteiger charge is -2.28. The van der Waals surface area contributed by atoms with Gasteiger partial charge in [-0.05, 0) is 30.9 Å². The second-order valence-electron chi connectivity index (χ2n) is 5.76. The molecule has 3 nitrogen and oxygen atoms in total. The smallest absolute Gasteiger partial charge is 0.0900 e. The third kappa shape index (κ3) is 5.89. The van der Waals surface area contributed by atoms with Crippen LogP contribution in [0.4, 0.5) is 0 Å². The average Bonchev–Trinajstić information content (AvgIpc) is 3.00. The van der Waals surface area contributed by atoms with Crippen molar-refractivity contribution >= 4 is 11.3 Å². The maximum atomic E-state index is 10.2. The van der Waals surface area contributed by atoms with Gasteiger partial charge in [0.05, 0.1) is 19.3 Å². The summed E-state index contributed by atoms with van der Waals surface area (Å²) in [4.78, 5) is 3.61. The van der Waals surface area contributed by atoms with E-state index in [0.717, 1.165) is 12.1 Å². The molecule has 0 saturated carbocycles. The van der Waals surface area contributed by atoms with Crippen molar-refractivity contribution in [1.82, 2.24) is 4.90 Å². The predicted molar refractivity (Wildman–Crippen MR) is 92.0 cm³/mol. The van der Waals surface area contributed by atoms with Crippen LogP contribution < -0.4 is 0 Å². The number of nitrogens with zero attached hydrogens (tertiary/aromatic N) is 1. The van der Waals surface area contributed by atoms with Gasteiger partial charge in [0.25, 0.3) is 0 Å². The van der Waals surface area contributed by atoms with Gasteiger partial charge in [0.15, 0.2) is 0 Å². The first-order valence-corrected chi connectivity index (χ1v) is 8.59. The van der Waals surface area contributed by atoms with E-state index in [1.165, 1.54) is 4.88 Å². The Balaban J connectivity index is 1.74. The van der Waals surface area contributed by atoms with E-state index in [2.05, 4.69) is 36.3 Å². The summed E-state index contributed by atoms with van der Waals surface area (Å²) >= 11 is 1.76. The van der Waals surface area contributed by atoms with Crippen molar-refractivity contribution in [1.29, 1.82) is 0 Å². The molecule has 0 saturated heterocycles. The van der Waals surface area contributed by atoms with Gasteiger partial charge in [-0.3, -0.25) is 4.90 Å². The van der Waals surface area contributed by atoms with Crippen LogP contribution >= 0.6 is 11.3 Å². The molecule has 120 valence electrons. The molecule has 1 heterocycles. The first kappa shape index (κ1) is 17.2. The topological polar surface area (TPSA) is 32.7 Å². The molecule has 1 aromatic heterocycles. The summed E-state index contributed by atoms with van der Waals surface area (Å²) < 4.78 is 5.62. The Morgan fingerprint density at radius 2 is 1.91 bits per heavy atom. The third-order valence-electron chi connectivity index (χ3n) is 3.54. The minimum atomic E-state index is -0.467. The summed E-state index contributed by atoms with van der Waals surface area (Å²) in [5.41, 5.74) is 1.13. The summed E-state index contributed by atoms with van der Waals surface area (Å²) in [6, 6.07) is 14.6. The molecule has 1 aromatic carbocycles. The molecule has 0 spiro atoms. The molecule has 1 N–H and O–H groups in total. The fourth-order valence-corrected chi connectivity index (χ4v) is 3.00. The van der Waals surface area contributed by atoms with Crippen LogP contribution in [0.25, 0.3) is 0 Å². The Hall–Kier alpha value is -1.20. The Morgan fingerprint density at radius 3 is 2.55 bits per heavy atom. The lowest BCUT2D eigenvalue weighted by atomic mass is 10.2. The summed E-state index contributed by atoms with van der Waals surface area (Å²) in [7, 11) is 0. The molecule has 0 radical (unpaired) electrons. The monoisotopic (exact) mass is 319 g/mol. The van der Waals surface area contributed by atoms with E-state index in [9.17, 15) is 5.11 Å². The second kappa shape index (κ2) is 9.06. The van der Waals surface area contributed by atoms with Gasteiger partial charge in [-0.2, -0.15) is 0 Å². The molecule has 2 rings (SSSR count). The van der Waals surface area contributed by atoms with Crippen LogP contribution in [-0.2, 0) is 17.9 Å². The first-order valence-electron chi connectivity index (χ1n) is 7.71. The van der Waals surface area contributed by atoms with Crippen LogP contribution in [0, 0.1) is 0 Å². The fourth-order valence-electron chi connectivity index (χ4n) is 2.27. The fraction of sp³-hybridized carbons (Fsp3) is 0.444. The summed E-state index contributed by atoms with van der Waals surface area (Å²) in [5, 5.41) is 12.3. The molecule has 22 heavy (non-hydrogen) atoms. The van der Waals surface area contributed by atoms with Gasteiger partial charge in [0.2, 0.25) is 0 Å². The van der Waals surface area contributed by atoms with Gasteiger partial charge in [-0.1, -0.05) is 36.4 Å². The molecule has 0 amide bonds. The minimum absolute atomic E-state index is 0.364. The van der Waals surface area contributed by atoms with E-state index >= 15 is 0 Å². The van der Waals surface area contributed by atoms with E-state index in [1.54, 1.807) is 11.3 Å².